The van der Waals surface area contributed by atoms with E-state index in [4.69, 9.17) is 0 Å². The Morgan fingerprint density at radius 1 is 1.29 bits per heavy atom. The molecule has 1 aliphatic rings. The molecule has 0 saturated heterocycles. The molecule has 0 radical (unpaired) electrons. The van der Waals surface area contributed by atoms with Crippen LogP contribution in [0.2, 0.25) is 0 Å². The van der Waals surface area contributed by atoms with Crippen LogP contribution in [0, 0.1) is 0 Å². The molecule has 0 spiro atoms. The number of aromatic nitrogens is 1. The van der Waals surface area contributed by atoms with Crippen LogP contribution in [0.1, 0.15) is 28.8 Å². The van der Waals surface area contributed by atoms with Gasteiger partial charge >= 0.3 is 0 Å². The van der Waals surface area contributed by atoms with E-state index in [1.165, 1.54) is 6.20 Å². The molecule has 21 heavy (non-hydrogen) atoms. The molecule has 1 saturated carbocycles. The fraction of sp³-hybridized carbons (Fsp3) is 0.250. The molecule has 2 aromatic rings. The Morgan fingerprint density at radius 3 is 2.67 bits per heavy atom. The SMILES string of the molecule is O=C(c1cc(Br)c[nH]c1=O)N(Cc1ccccc1)C1CC1. The summed E-state index contributed by atoms with van der Waals surface area (Å²) in [5.41, 5.74) is 0.915. The van der Waals surface area contributed by atoms with Crippen LogP contribution in [0.5, 0.6) is 0 Å². The van der Waals surface area contributed by atoms with E-state index in [2.05, 4.69) is 20.9 Å². The number of aromatic amines is 1. The van der Waals surface area contributed by atoms with Crippen LogP contribution in [0.15, 0.2) is 51.9 Å². The summed E-state index contributed by atoms with van der Waals surface area (Å²) in [6.45, 7) is 0.538. The van der Waals surface area contributed by atoms with E-state index in [1.807, 2.05) is 30.3 Å². The van der Waals surface area contributed by atoms with Gasteiger partial charge in [-0.3, -0.25) is 9.59 Å². The van der Waals surface area contributed by atoms with Crippen molar-refractivity contribution in [2.24, 2.45) is 0 Å². The number of halogens is 1. The number of hydrogen-bond donors (Lipinski definition) is 1. The number of carbonyl (C=O) groups excluding carboxylic acids is 1. The van der Waals surface area contributed by atoms with E-state index in [9.17, 15) is 9.59 Å². The molecule has 1 N–H and O–H groups in total. The van der Waals surface area contributed by atoms with Gasteiger partial charge in [-0.05, 0) is 40.4 Å². The lowest BCUT2D eigenvalue weighted by Crippen LogP contribution is -2.36. The summed E-state index contributed by atoms with van der Waals surface area (Å²) in [4.78, 5) is 29.0. The maximum Gasteiger partial charge on any atom is 0.260 e. The van der Waals surface area contributed by atoms with Gasteiger partial charge in [-0.25, -0.2) is 0 Å². The van der Waals surface area contributed by atoms with Crippen molar-refractivity contribution in [1.29, 1.82) is 0 Å². The first-order valence-electron chi connectivity index (χ1n) is 6.88. The second-order valence-corrected chi connectivity index (χ2v) is 6.13. The maximum absolute atomic E-state index is 12.7. The van der Waals surface area contributed by atoms with Gasteiger partial charge in [-0.1, -0.05) is 30.3 Å². The van der Waals surface area contributed by atoms with Crippen LogP contribution in [0.3, 0.4) is 0 Å². The lowest BCUT2D eigenvalue weighted by molar-refractivity contribution is 0.0728. The van der Waals surface area contributed by atoms with Gasteiger partial charge in [0.15, 0.2) is 0 Å². The Kier molecular flexibility index (Phi) is 3.92. The predicted molar refractivity (Wildman–Crippen MR) is 84.1 cm³/mol. The van der Waals surface area contributed by atoms with Crippen LogP contribution in [0.4, 0.5) is 0 Å². The zero-order valence-corrected chi connectivity index (χ0v) is 13.0. The lowest BCUT2D eigenvalue weighted by atomic mass is 10.2. The Bertz CT molecular complexity index is 708. The summed E-state index contributed by atoms with van der Waals surface area (Å²) in [6, 6.07) is 11.7. The van der Waals surface area contributed by atoms with Crippen molar-refractivity contribution in [2.75, 3.05) is 0 Å². The summed E-state index contributed by atoms with van der Waals surface area (Å²) >= 11 is 3.29. The average molecular weight is 347 g/mol. The number of nitrogens with one attached hydrogen (secondary N) is 1. The number of rotatable bonds is 4. The molecule has 1 fully saturated rings. The topological polar surface area (TPSA) is 53.2 Å². The maximum atomic E-state index is 12.7. The molecule has 0 bridgehead atoms. The van der Waals surface area contributed by atoms with E-state index in [-0.39, 0.29) is 23.1 Å². The molecule has 0 atom stereocenters. The second kappa shape index (κ2) is 5.85. The highest BCUT2D eigenvalue weighted by molar-refractivity contribution is 9.10. The predicted octanol–water partition coefficient (Wildman–Crippen LogP) is 2.94. The van der Waals surface area contributed by atoms with Crippen LogP contribution in [-0.4, -0.2) is 21.8 Å². The number of benzene rings is 1. The van der Waals surface area contributed by atoms with Crippen molar-refractivity contribution >= 4 is 21.8 Å². The van der Waals surface area contributed by atoms with Crippen molar-refractivity contribution in [3.8, 4) is 0 Å². The van der Waals surface area contributed by atoms with Gasteiger partial charge in [0.25, 0.3) is 11.5 Å². The first kappa shape index (κ1) is 14.1. The molecule has 0 aliphatic heterocycles. The third-order valence-electron chi connectivity index (χ3n) is 3.54. The largest absolute Gasteiger partial charge is 0.331 e. The van der Waals surface area contributed by atoms with Crippen molar-refractivity contribution in [1.82, 2.24) is 9.88 Å². The summed E-state index contributed by atoms with van der Waals surface area (Å²) in [6.07, 6.45) is 3.55. The number of amides is 1. The number of H-pyrrole nitrogens is 1. The van der Waals surface area contributed by atoms with Gasteiger partial charge in [0, 0.05) is 23.3 Å². The molecule has 108 valence electrons. The van der Waals surface area contributed by atoms with Crippen molar-refractivity contribution in [3.63, 3.8) is 0 Å². The standard InChI is InChI=1S/C16H15BrN2O2/c17-12-8-14(15(20)18-9-12)16(21)19(13-6-7-13)10-11-4-2-1-3-5-11/h1-5,8-9,13H,6-7,10H2,(H,18,20). The minimum absolute atomic E-state index is 0.187. The van der Waals surface area contributed by atoms with Crippen molar-refractivity contribution in [3.05, 3.63) is 68.5 Å². The van der Waals surface area contributed by atoms with Crippen LogP contribution < -0.4 is 5.56 Å². The molecule has 4 nitrogen and oxygen atoms in total. The molecular weight excluding hydrogens is 332 g/mol. The monoisotopic (exact) mass is 346 g/mol. The fourth-order valence-corrected chi connectivity index (χ4v) is 2.65. The second-order valence-electron chi connectivity index (χ2n) is 5.21. The molecule has 3 rings (SSSR count). The average Bonchev–Trinajstić information content (AvgIpc) is 3.32. The number of nitrogens with zero attached hydrogens (tertiary/aromatic N) is 1. The summed E-state index contributed by atoms with van der Waals surface area (Å²) in [5.74, 6) is -0.205. The quantitative estimate of drug-likeness (QED) is 0.925. The molecule has 1 heterocycles. The Labute approximate surface area is 130 Å². The minimum atomic E-state index is -0.345. The molecule has 1 aromatic heterocycles. The van der Waals surface area contributed by atoms with Gasteiger partial charge in [0.05, 0.1) is 0 Å². The smallest absolute Gasteiger partial charge is 0.260 e. The van der Waals surface area contributed by atoms with Gasteiger partial charge in [-0.15, -0.1) is 0 Å². The summed E-state index contributed by atoms with van der Waals surface area (Å²) in [7, 11) is 0. The van der Waals surface area contributed by atoms with Crippen LogP contribution in [-0.2, 0) is 6.54 Å². The normalized spacial score (nSPS) is 14.0. The summed E-state index contributed by atoms with van der Waals surface area (Å²) < 4.78 is 0.695. The zero-order chi connectivity index (χ0) is 14.8. The van der Waals surface area contributed by atoms with E-state index in [0.717, 1.165) is 18.4 Å². The van der Waals surface area contributed by atoms with Gasteiger partial charge in [-0.2, -0.15) is 0 Å². The highest BCUT2D eigenvalue weighted by Crippen LogP contribution is 2.29. The first-order chi connectivity index (χ1) is 10.1. The van der Waals surface area contributed by atoms with E-state index < -0.39 is 0 Å². The number of hydrogen-bond acceptors (Lipinski definition) is 2. The molecule has 5 heteroatoms. The third-order valence-corrected chi connectivity index (χ3v) is 4.00. The molecule has 1 aliphatic carbocycles. The molecular formula is C16H15BrN2O2. The lowest BCUT2D eigenvalue weighted by Gasteiger charge is -2.22. The molecule has 1 amide bonds. The van der Waals surface area contributed by atoms with Crippen molar-refractivity contribution < 1.29 is 4.79 Å². The highest BCUT2D eigenvalue weighted by Gasteiger charge is 2.34. The Morgan fingerprint density at radius 2 is 2.00 bits per heavy atom. The van der Waals surface area contributed by atoms with E-state index in [0.29, 0.717) is 11.0 Å². The van der Waals surface area contributed by atoms with Crippen molar-refractivity contribution in [2.45, 2.75) is 25.4 Å². The molecule has 0 unspecified atom stereocenters. The van der Waals surface area contributed by atoms with Gasteiger partial charge in [0.1, 0.15) is 5.56 Å². The van der Waals surface area contributed by atoms with Crippen LogP contribution >= 0.6 is 15.9 Å². The van der Waals surface area contributed by atoms with E-state index >= 15 is 0 Å². The van der Waals surface area contributed by atoms with Gasteiger partial charge in [0.2, 0.25) is 0 Å². The summed E-state index contributed by atoms with van der Waals surface area (Å²) in [5, 5.41) is 0. The van der Waals surface area contributed by atoms with Gasteiger partial charge < -0.3 is 9.88 Å². The van der Waals surface area contributed by atoms with Crippen LogP contribution in [0.25, 0.3) is 0 Å². The Balaban J connectivity index is 1.89. The highest BCUT2D eigenvalue weighted by atomic mass is 79.9. The zero-order valence-electron chi connectivity index (χ0n) is 11.4. The number of pyridine rings is 1. The number of carbonyl (C=O) groups is 1. The first-order valence-corrected chi connectivity index (χ1v) is 7.67. The third kappa shape index (κ3) is 3.24. The molecule has 1 aromatic carbocycles. The van der Waals surface area contributed by atoms with E-state index in [1.54, 1.807) is 11.0 Å². The Hall–Kier alpha value is -1.88. The minimum Gasteiger partial charge on any atom is -0.331 e. The fourth-order valence-electron chi connectivity index (χ4n) is 2.30.